The van der Waals surface area contributed by atoms with Crippen LogP contribution >= 0.6 is 0 Å². The van der Waals surface area contributed by atoms with Gasteiger partial charge in [-0.3, -0.25) is 24.1 Å². The van der Waals surface area contributed by atoms with Crippen LogP contribution in [0.5, 0.6) is 0 Å². The van der Waals surface area contributed by atoms with Gasteiger partial charge in [0.1, 0.15) is 18.2 Å². The van der Waals surface area contributed by atoms with E-state index in [0.29, 0.717) is 58.7 Å². The molecule has 1 aliphatic rings. The van der Waals surface area contributed by atoms with Gasteiger partial charge in [-0.15, -0.1) is 0 Å². The summed E-state index contributed by atoms with van der Waals surface area (Å²) in [6, 6.07) is -0.479. The minimum atomic E-state index is -0.479. The molecule has 0 radical (unpaired) electrons. The van der Waals surface area contributed by atoms with Crippen molar-refractivity contribution < 1.29 is 43.2 Å². The number of aliphatic hydroxyl groups excluding tert-OH is 1. The summed E-state index contributed by atoms with van der Waals surface area (Å²) in [6.07, 6.45) is 36.0. The summed E-state index contributed by atoms with van der Waals surface area (Å²) in [5, 5.41) is 9.17. The van der Waals surface area contributed by atoms with Crippen molar-refractivity contribution in [2.75, 3.05) is 53.0 Å². The monoisotopic (exact) mass is 909 g/mol. The molecule has 0 aromatic rings. The van der Waals surface area contributed by atoms with E-state index in [1.807, 2.05) is 11.9 Å². The molecule has 0 spiro atoms. The van der Waals surface area contributed by atoms with E-state index in [0.717, 1.165) is 89.9 Å². The van der Waals surface area contributed by atoms with E-state index in [4.69, 9.17) is 24.1 Å². The summed E-state index contributed by atoms with van der Waals surface area (Å²) in [4.78, 5) is 55.2. The highest BCUT2D eigenvalue weighted by atomic mass is 16.6. The predicted molar refractivity (Wildman–Crippen MR) is 260 cm³/mol. The lowest BCUT2D eigenvalue weighted by atomic mass is 10.0. The Kier molecular flexibility index (Phi) is 40.5. The van der Waals surface area contributed by atoms with Gasteiger partial charge in [0.2, 0.25) is 0 Å². The van der Waals surface area contributed by atoms with Crippen LogP contribution in [0.1, 0.15) is 245 Å². The quantitative estimate of drug-likeness (QED) is 0.0356. The molecule has 1 heterocycles. The van der Waals surface area contributed by atoms with Crippen LogP contribution in [-0.4, -0.2) is 110 Å². The van der Waals surface area contributed by atoms with Crippen molar-refractivity contribution >= 4 is 23.9 Å². The van der Waals surface area contributed by atoms with Crippen molar-refractivity contribution in [1.82, 2.24) is 9.80 Å². The first-order valence-electron chi connectivity index (χ1n) is 27.0. The fourth-order valence-electron chi connectivity index (χ4n) is 8.66. The van der Waals surface area contributed by atoms with Crippen molar-refractivity contribution in [1.29, 1.82) is 0 Å². The smallest absolute Gasteiger partial charge is 0.323 e. The molecule has 1 N–H and O–H groups in total. The van der Waals surface area contributed by atoms with E-state index in [-0.39, 0.29) is 43.0 Å². The molecular weight excluding hydrogens is 809 g/mol. The number of aliphatic hydroxyl groups is 1. The molecular formula is C53H100N2O9. The molecule has 1 aliphatic heterocycles. The molecule has 1 unspecified atom stereocenters. The fraction of sp³-hybridized carbons (Fsp3) is 0.925. The number of likely N-dealkylation sites (N-methyl/N-ethyl adjacent to an activating group) is 1. The van der Waals surface area contributed by atoms with Gasteiger partial charge in [0.25, 0.3) is 0 Å². The number of esters is 4. The van der Waals surface area contributed by atoms with Gasteiger partial charge in [-0.05, 0) is 71.4 Å². The molecule has 0 saturated carbocycles. The van der Waals surface area contributed by atoms with Gasteiger partial charge < -0.3 is 29.0 Å². The highest BCUT2D eigenvalue weighted by molar-refractivity contribution is 5.76. The second kappa shape index (κ2) is 43.3. The largest absolute Gasteiger partial charge is 0.466 e. The number of carbonyl (C=O) groups is 4. The van der Waals surface area contributed by atoms with Crippen LogP contribution in [0.2, 0.25) is 0 Å². The number of unbranched alkanes of at least 4 members (excludes halogenated alkanes) is 24. The molecule has 0 bridgehead atoms. The summed E-state index contributed by atoms with van der Waals surface area (Å²) >= 11 is 0. The summed E-state index contributed by atoms with van der Waals surface area (Å²) in [5.74, 6) is -0.778. The Morgan fingerprint density at radius 1 is 0.547 bits per heavy atom. The maximum atomic E-state index is 13.4. The number of hydrogen-bond donors (Lipinski definition) is 1. The summed E-state index contributed by atoms with van der Waals surface area (Å²) < 4.78 is 23.1. The molecule has 376 valence electrons. The number of rotatable bonds is 46. The zero-order valence-corrected chi connectivity index (χ0v) is 42.0. The molecule has 11 heteroatoms. The molecule has 11 nitrogen and oxygen atoms in total. The molecule has 0 aromatic heterocycles. The number of ether oxygens (including phenoxy) is 4. The Bertz CT molecular complexity index is 1110. The number of hydrogen-bond acceptors (Lipinski definition) is 11. The molecule has 1 fully saturated rings. The van der Waals surface area contributed by atoms with E-state index in [1.54, 1.807) is 0 Å². The minimum Gasteiger partial charge on any atom is -0.466 e. The molecule has 0 amide bonds. The maximum absolute atomic E-state index is 13.4. The zero-order valence-electron chi connectivity index (χ0n) is 42.0. The molecule has 0 aromatic carbocycles. The van der Waals surface area contributed by atoms with Crippen LogP contribution in [0.25, 0.3) is 0 Å². The number of nitrogens with zero attached hydrogens (tertiary/aromatic N) is 2. The first kappa shape index (κ1) is 59.8. The van der Waals surface area contributed by atoms with Gasteiger partial charge in [0, 0.05) is 38.9 Å². The zero-order chi connectivity index (χ0) is 46.7. The van der Waals surface area contributed by atoms with Gasteiger partial charge in [0.05, 0.1) is 26.2 Å². The Labute approximate surface area is 392 Å². The Morgan fingerprint density at radius 2 is 1.02 bits per heavy atom. The normalized spacial score (nSPS) is 15.3. The van der Waals surface area contributed by atoms with Crippen molar-refractivity contribution in [2.24, 2.45) is 0 Å². The summed E-state index contributed by atoms with van der Waals surface area (Å²) in [6.45, 7) is 9.71. The SMILES string of the molecule is CCCCCCCCCCCOC(=O)CCCCCN1CC(OC(=O)CCN(C)CCO)C[C@H]1C(=O)OCCCCCCCC(=O)OC(CCCCCCCC)CCCCCCCC. The fourth-order valence-corrected chi connectivity index (χ4v) is 8.66. The van der Waals surface area contributed by atoms with Gasteiger partial charge in [-0.25, -0.2) is 0 Å². The van der Waals surface area contributed by atoms with Crippen molar-refractivity contribution in [3.05, 3.63) is 0 Å². The molecule has 64 heavy (non-hydrogen) atoms. The second-order valence-electron chi connectivity index (χ2n) is 18.9. The summed E-state index contributed by atoms with van der Waals surface area (Å²) in [5.41, 5.74) is 0. The second-order valence-corrected chi connectivity index (χ2v) is 18.9. The van der Waals surface area contributed by atoms with E-state index in [1.165, 1.54) is 109 Å². The first-order valence-corrected chi connectivity index (χ1v) is 27.0. The van der Waals surface area contributed by atoms with Crippen molar-refractivity contribution in [2.45, 2.75) is 264 Å². The topological polar surface area (TPSA) is 132 Å². The summed E-state index contributed by atoms with van der Waals surface area (Å²) in [7, 11) is 1.85. The molecule has 0 aliphatic carbocycles. The Hall–Kier alpha value is -2.24. The van der Waals surface area contributed by atoms with Gasteiger partial charge in [-0.2, -0.15) is 0 Å². The van der Waals surface area contributed by atoms with E-state index < -0.39 is 12.1 Å². The molecule has 2 atom stereocenters. The van der Waals surface area contributed by atoms with Gasteiger partial charge in [0.15, 0.2) is 0 Å². The van der Waals surface area contributed by atoms with Crippen molar-refractivity contribution in [3.8, 4) is 0 Å². The standard InChI is InChI=1S/C53H100N2O9/c1-5-8-11-14-17-18-19-24-32-43-61-50(57)36-30-26-31-39-55-46-48(64-52(59)38-40-54(4)41-42-56)45-49(55)53(60)62-44-33-25-20-23-29-37-51(58)63-47(34-27-21-15-12-9-6-2)35-28-22-16-13-10-7-3/h47-49,56H,5-46H2,1-4H3/t48?,49-/m0/s1. The van der Waals surface area contributed by atoms with Crippen LogP contribution in [0.3, 0.4) is 0 Å². The van der Waals surface area contributed by atoms with E-state index in [9.17, 15) is 19.2 Å². The maximum Gasteiger partial charge on any atom is 0.323 e. The molecule has 1 rings (SSSR count). The van der Waals surface area contributed by atoms with Crippen LogP contribution in [0.4, 0.5) is 0 Å². The van der Waals surface area contributed by atoms with Crippen molar-refractivity contribution in [3.63, 3.8) is 0 Å². The third-order valence-electron chi connectivity index (χ3n) is 12.8. The van der Waals surface area contributed by atoms with Crippen LogP contribution in [0, 0.1) is 0 Å². The third kappa shape index (κ3) is 35.0. The van der Waals surface area contributed by atoms with Gasteiger partial charge >= 0.3 is 23.9 Å². The van der Waals surface area contributed by atoms with Crippen LogP contribution < -0.4 is 0 Å². The lowest BCUT2D eigenvalue weighted by Gasteiger charge is -2.22. The number of carbonyl (C=O) groups excluding carboxylic acids is 4. The average molecular weight is 909 g/mol. The van der Waals surface area contributed by atoms with Crippen LogP contribution in [0.15, 0.2) is 0 Å². The lowest BCUT2D eigenvalue weighted by Crippen LogP contribution is -2.38. The van der Waals surface area contributed by atoms with E-state index in [2.05, 4.69) is 25.7 Å². The predicted octanol–water partition coefficient (Wildman–Crippen LogP) is 12.2. The Balaban J connectivity index is 2.43. The minimum absolute atomic E-state index is 0.0309. The third-order valence-corrected chi connectivity index (χ3v) is 12.8. The Morgan fingerprint density at radius 3 is 1.56 bits per heavy atom. The first-order chi connectivity index (χ1) is 31.2. The highest BCUT2D eigenvalue weighted by Crippen LogP contribution is 2.24. The van der Waals surface area contributed by atoms with E-state index >= 15 is 0 Å². The average Bonchev–Trinajstić information content (AvgIpc) is 3.68. The van der Waals surface area contributed by atoms with Crippen LogP contribution in [-0.2, 0) is 38.1 Å². The molecule has 1 saturated heterocycles. The number of likely N-dealkylation sites (tertiary alicyclic amines) is 1. The lowest BCUT2D eigenvalue weighted by molar-refractivity contribution is -0.151. The van der Waals surface area contributed by atoms with Gasteiger partial charge in [-0.1, -0.05) is 162 Å². The highest BCUT2D eigenvalue weighted by Gasteiger charge is 2.39.